The summed E-state index contributed by atoms with van der Waals surface area (Å²) in [6.45, 7) is 2.10. The van der Waals surface area contributed by atoms with Crippen LogP contribution in [0.3, 0.4) is 0 Å². The Bertz CT molecular complexity index is 849. The van der Waals surface area contributed by atoms with Crippen LogP contribution in [0.25, 0.3) is 5.57 Å². The van der Waals surface area contributed by atoms with E-state index in [2.05, 4.69) is 4.74 Å². The minimum atomic E-state index is -4.94. The molecule has 1 aromatic rings. The van der Waals surface area contributed by atoms with E-state index >= 15 is 0 Å². The third kappa shape index (κ3) is 4.56. The molecular formula is C18H16Cl2F3NO5. The van der Waals surface area contributed by atoms with Crippen molar-refractivity contribution in [1.82, 2.24) is 4.90 Å². The number of amides is 1. The number of hydrogen-bond acceptors (Lipinski definition) is 5. The van der Waals surface area contributed by atoms with Crippen molar-refractivity contribution in [2.24, 2.45) is 0 Å². The summed E-state index contributed by atoms with van der Waals surface area (Å²) >= 11 is 12.3. The molecule has 158 valence electrons. The summed E-state index contributed by atoms with van der Waals surface area (Å²) in [6, 6.07) is 1.29. The molecule has 2 aliphatic heterocycles. The lowest BCUT2D eigenvalue weighted by molar-refractivity contribution is -0.274. The Hall–Kier alpha value is -2.13. The van der Waals surface area contributed by atoms with Crippen molar-refractivity contribution < 1.29 is 37.0 Å². The molecule has 0 N–H and O–H groups in total. The van der Waals surface area contributed by atoms with E-state index in [1.54, 1.807) is 6.92 Å². The number of rotatable bonds is 4. The normalized spacial score (nSPS) is 19.3. The van der Waals surface area contributed by atoms with Crippen LogP contribution in [0.1, 0.15) is 31.7 Å². The summed E-state index contributed by atoms with van der Waals surface area (Å²) < 4.78 is 51.4. The fourth-order valence-corrected chi connectivity index (χ4v) is 4.09. The first-order valence-corrected chi connectivity index (χ1v) is 9.53. The molecule has 0 radical (unpaired) electrons. The fraction of sp³-hybridized carbons (Fsp3) is 0.444. The largest absolute Gasteiger partial charge is 0.573 e. The van der Waals surface area contributed by atoms with Crippen molar-refractivity contribution >= 4 is 40.8 Å². The highest BCUT2D eigenvalue weighted by molar-refractivity contribution is 6.41. The van der Waals surface area contributed by atoms with Gasteiger partial charge in [0.05, 0.1) is 28.3 Å². The third-order valence-electron chi connectivity index (χ3n) is 4.48. The first kappa shape index (κ1) is 21.6. The molecule has 11 heteroatoms. The molecule has 1 fully saturated rings. The smallest absolute Gasteiger partial charge is 0.434 e. The molecule has 2 heterocycles. The van der Waals surface area contributed by atoms with E-state index in [4.69, 9.17) is 32.7 Å². The molecule has 2 aliphatic rings. The molecule has 3 rings (SSSR count). The van der Waals surface area contributed by atoms with Crippen LogP contribution in [0.2, 0.25) is 10.0 Å². The second-order valence-corrected chi connectivity index (χ2v) is 7.16. The summed E-state index contributed by atoms with van der Waals surface area (Å²) in [7, 11) is 0. The van der Waals surface area contributed by atoms with Gasteiger partial charge in [0.1, 0.15) is 11.5 Å². The Morgan fingerprint density at radius 1 is 1.24 bits per heavy atom. The van der Waals surface area contributed by atoms with Gasteiger partial charge in [-0.05, 0) is 38.3 Å². The van der Waals surface area contributed by atoms with E-state index in [-0.39, 0.29) is 33.5 Å². The maximum Gasteiger partial charge on any atom is 0.573 e. The standard InChI is InChI=1S/C18H16Cl2F3NO5/c1-2-27-17(26)28-15-12-5-3-4-6-24(12)16(25)14(15)13-10(19)7-9(8-11(13)20)29-18(21,22)23/h7-8,12H,2-6H2,1H3. The van der Waals surface area contributed by atoms with Gasteiger partial charge >= 0.3 is 12.5 Å². The lowest BCUT2D eigenvalue weighted by Crippen LogP contribution is -2.40. The van der Waals surface area contributed by atoms with Gasteiger partial charge in [-0.3, -0.25) is 4.79 Å². The average Bonchev–Trinajstić information content (AvgIpc) is 2.86. The molecule has 6 nitrogen and oxygen atoms in total. The number of halogens is 5. The average molecular weight is 454 g/mol. The van der Waals surface area contributed by atoms with Crippen molar-refractivity contribution in [2.75, 3.05) is 13.2 Å². The van der Waals surface area contributed by atoms with Crippen LogP contribution in [0, 0.1) is 0 Å². The Morgan fingerprint density at radius 2 is 1.90 bits per heavy atom. The van der Waals surface area contributed by atoms with E-state index in [9.17, 15) is 22.8 Å². The predicted molar refractivity (Wildman–Crippen MR) is 97.5 cm³/mol. The van der Waals surface area contributed by atoms with Gasteiger partial charge in [-0.15, -0.1) is 13.2 Å². The number of piperidine rings is 1. The van der Waals surface area contributed by atoms with Crippen LogP contribution in [-0.4, -0.2) is 42.5 Å². The zero-order chi connectivity index (χ0) is 21.3. The highest BCUT2D eigenvalue weighted by Gasteiger charge is 2.45. The highest BCUT2D eigenvalue weighted by atomic mass is 35.5. The van der Waals surface area contributed by atoms with Gasteiger partial charge in [-0.2, -0.15) is 0 Å². The number of carbonyl (C=O) groups is 2. The summed E-state index contributed by atoms with van der Waals surface area (Å²) in [5, 5.41) is -0.491. The van der Waals surface area contributed by atoms with Crippen molar-refractivity contribution in [3.8, 4) is 5.75 Å². The van der Waals surface area contributed by atoms with Crippen LogP contribution >= 0.6 is 23.2 Å². The number of ether oxygens (including phenoxy) is 3. The van der Waals surface area contributed by atoms with Gasteiger partial charge in [0.25, 0.3) is 5.91 Å². The number of hydrogen-bond donors (Lipinski definition) is 0. The van der Waals surface area contributed by atoms with Gasteiger partial charge < -0.3 is 19.1 Å². The van der Waals surface area contributed by atoms with Gasteiger partial charge in [0.15, 0.2) is 0 Å². The van der Waals surface area contributed by atoms with Gasteiger partial charge in [-0.1, -0.05) is 23.2 Å². The van der Waals surface area contributed by atoms with Crippen LogP contribution in [0.5, 0.6) is 5.75 Å². The fourth-order valence-electron chi connectivity index (χ4n) is 3.43. The van der Waals surface area contributed by atoms with Gasteiger partial charge in [0, 0.05) is 12.1 Å². The van der Waals surface area contributed by atoms with E-state index < -0.39 is 30.2 Å². The van der Waals surface area contributed by atoms with E-state index in [0.29, 0.717) is 13.0 Å². The molecule has 1 saturated heterocycles. The first-order chi connectivity index (χ1) is 13.6. The first-order valence-electron chi connectivity index (χ1n) is 8.77. The van der Waals surface area contributed by atoms with Gasteiger partial charge in [-0.25, -0.2) is 4.79 Å². The molecular weight excluding hydrogens is 438 g/mol. The zero-order valence-electron chi connectivity index (χ0n) is 15.1. The zero-order valence-corrected chi connectivity index (χ0v) is 16.7. The quantitative estimate of drug-likeness (QED) is 0.588. The maximum atomic E-state index is 13.0. The Kier molecular flexibility index (Phi) is 6.19. The summed E-state index contributed by atoms with van der Waals surface area (Å²) in [4.78, 5) is 26.5. The van der Waals surface area contributed by atoms with Crippen LogP contribution in [0.4, 0.5) is 18.0 Å². The molecule has 0 bridgehead atoms. The third-order valence-corrected chi connectivity index (χ3v) is 5.08. The lowest BCUT2D eigenvalue weighted by Gasteiger charge is -2.30. The van der Waals surface area contributed by atoms with Crippen molar-refractivity contribution in [1.29, 1.82) is 0 Å². The Morgan fingerprint density at radius 3 is 2.48 bits per heavy atom. The Balaban J connectivity index is 2.08. The van der Waals surface area contributed by atoms with Crippen molar-refractivity contribution in [3.05, 3.63) is 33.5 Å². The molecule has 0 spiro atoms. The van der Waals surface area contributed by atoms with E-state index in [1.165, 1.54) is 4.90 Å². The molecule has 1 unspecified atom stereocenters. The predicted octanol–water partition coefficient (Wildman–Crippen LogP) is 5.17. The van der Waals surface area contributed by atoms with Crippen LogP contribution < -0.4 is 4.74 Å². The molecule has 0 aliphatic carbocycles. The number of benzene rings is 1. The highest BCUT2D eigenvalue weighted by Crippen LogP contribution is 2.44. The van der Waals surface area contributed by atoms with Crippen molar-refractivity contribution in [2.45, 2.75) is 38.6 Å². The van der Waals surface area contributed by atoms with Crippen molar-refractivity contribution in [3.63, 3.8) is 0 Å². The number of alkyl halides is 3. The minimum absolute atomic E-state index is 0.0263. The van der Waals surface area contributed by atoms with E-state index in [1.807, 2.05) is 0 Å². The molecule has 1 atom stereocenters. The summed E-state index contributed by atoms with van der Waals surface area (Å²) in [5.74, 6) is -1.07. The number of carbonyl (C=O) groups excluding carboxylic acids is 2. The molecule has 29 heavy (non-hydrogen) atoms. The summed E-state index contributed by atoms with van der Waals surface area (Å²) in [5.41, 5.74) is -0.0972. The molecule has 0 aromatic heterocycles. The Labute approximate surface area is 174 Å². The monoisotopic (exact) mass is 453 g/mol. The molecule has 0 saturated carbocycles. The SMILES string of the molecule is CCOC(=O)OC1=C(c2c(Cl)cc(OC(F)(F)F)cc2Cl)C(=O)N2CCCCC12. The number of fused-ring (bicyclic) bond motifs is 1. The molecule has 1 aromatic carbocycles. The second kappa shape index (κ2) is 8.31. The second-order valence-electron chi connectivity index (χ2n) is 6.34. The molecule has 1 amide bonds. The van der Waals surface area contributed by atoms with Gasteiger partial charge in [0.2, 0.25) is 0 Å². The maximum absolute atomic E-state index is 13.0. The summed E-state index contributed by atoms with van der Waals surface area (Å²) in [6.07, 6.45) is -3.81. The lowest BCUT2D eigenvalue weighted by atomic mass is 10.0. The van der Waals surface area contributed by atoms with E-state index in [0.717, 1.165) is 25.0 Å². The topological polar surface area (TPSA) is 65.1 Å². The minimum Gasteiger partial charge on any atom is -0.434 e. The number of nitrogens with zero attached hydrogens (tertiary/aromatic N) is 1. The van der Waals surface area contributed by atoms with Crippen LogP contribution in [-0.2, 0) is 14.3 Å². The van der Waals surface area contributed by atoms with Crippen LogP contribution in [0.15, 0.2) is 17.9 Å².